The number of aliphatic hydroxyl groups is 1. The van der Waals surface area contributed by atoms with Gasteiger partial charge in [0.05, 0.1) is 12.4 Å². The summed E-state index contributed by atoms with van der Waals surface area (Å²) in [7, 11) is -2.87. The van der Waals surface area contributed by atoms with E-state index in [0.29, 0.717) is 6.54 Å². The third-order valence-electron chi connectivity index (χ3n) is 2.46. The fraction of sp³-hybridized carbons (Fsp3) is 1.00. The number of nitrogens with zero attached hydrogens (tertiary/aromatic N) is 1. The Hall–Kier alpha value is -0.130. The van der Waals surface area contributed by atoms with Crippen LogP contribution in [0.4, 0.5) is 0 Å². The van der Waals surface area contributed by atoms with Crippen LogP contribution >= 0.6 is 0 Å². The minimum Gasteiger partial charge on any atom is -0.395 e. The second-order valence-electron chi connectivity index (χ2n) is 3.64. The van der Waals surface area contributed by atoms with Gasteiger partial charge in [0.1, 0.15) is 9.84 Å². The van der Waals surface area contributed by atoms with E-state index in [-0.39, 0.29) is 18.4 Å². The van der Waals surface area contributed by atoms with Gasteiger partial charge >= 0.3 is 0 Å². The Labute approximate surface area is 79.5 Å². The minimum atomic E-state index is -2.87. The van der Waals surface area contributed by atoms with Gasteiger partial charge in [-0.25, -0.2) is 8.42 Å². The van der Waals surface area contributed by atoms with Gasteiger partial charge in [0, 0.05) is 18.8 Å². The maximum atomic E-state index is 10.9. The van der Waals surface area contributed by atoms with Crippen LogP contribution in [0.25, 0.3) is 0 Å². The average molecular weight is 207 g/mol. The Morgan fingerprint density at radius 1 is 1.54 bits per heavy atom. The summed E-state index contributed by atoms with van der Waals surface area (Å²) in [6.07, 6.45) is 3.30. The molecule has 4 nitrogen and oxygen atoms in total. The Balaban J connectivity index is 2.36. The molecular weight excluding hydrogens is 190 g/mol. The number of rotatable bonds is 4. The standard InChI is InChI=1S/C8H17NO3S/c1-13(11,12)6-5-9-4-2-3-8(9)7-10/h8,10H,2-7H2,1H3. The van der Waals surface area contributed by atoms with E-state index in [0.717, 1.165) is 19.4 Å². The number of likely N-dealkylation sites (tertiary alicyclic amines) is 1. The maximum absolute atomic E-state index is 10.9. The van der Waals surface area contributed by atoms with Crippen LogP contribution in [0.3, 0.4) is 0 Å². The van der Waals surface area contributed by atoms with Gasteiger partial charge in [-0.2, -0.15) is 0 Å². The van der Waals surface area contributed by atoms with Crippen molar-refractivity contribution in [3.05, 3.63) is 0 Å². The van der Waals surface area contributed by atoms with Crippen LogP contribution in [0, 0.1) is 0 Å². The van der Waals surface area contributed by atoms with E-state index in [4.69, 9.17) is 5.11 Å². The first-order valence-electron chi connectivity index (χ1n) is 4.55. The van der Waals surface area contributed by atoms with Gasteiger partial charge in [-0.1, -0.05) is 0 Å². The largest absolute Gasteiger partial charge is 0.395 e. The van der Waals surface area contributed by atoms with Crippen molar-refractivity contribution >= 4 is 9.84 Å². The summed E-state index contributed by atoms with van der Waals surface area (Å²) in [6, 6.07) is 0.182. The SMILES string of the molecule is CS(=O)(=O)CCN1CCCC1CO. The molecule has 1 aliphatic heterocycles. The molecule has 5 heteroatoms. The average Bonchev–Trinajstić information content (AvgIpc) is 2.46. The van der Waals surface area contributed by atoms with E-state index in [2.05, 4.69) is 4.90 Å². The van der Waals surface area contributed by atoms with E-state index in [1.807, 2.05) is 0 Å². The third kappa shape index (κ3) is 3.62. The molecule has 0 aromatic rings. The van der Waals surface area contributed by atoms with Crippen LogP contribution in [-0.2, 0) is 9.84 Å². The Morgan fingerprint density at radius 3 is 2.77 bits per heavy atom. The van der Waals surface area contributed by atoms with Gasteiger partial charge < -0.3 is 5.11 Å². The molecule has 1 saturated heterocycles. The zero-order valence-electron chi connectivity index (χ0n) is 7.94. The summed E-state index contributed by atoms with van der Waals surface area (Å²) in [6.45, 7) is 1.62. The van der Waals surface area contributed by atoms with Crippen molar-refractivity contribution in [2.24, 2.45) is 0 Å². The second kappa shape index (κ2) is 4.39. The van der Waals surface area contributed by atoms with Crippen LogP contribution in [-0.4, -0.2) is 56.2 Å². The summed E-state index contributed by atoms with van der Waals surface area (Å²) < 4.78 is 21.8. The summed E-state index contributed by atoms with van der Waals surface area (Å²) >= 11 is 0. The second-order valence-corrected chi connectivity index (χ2v) is 5.90. The molecule has 0 saturated carbocycles. The number of hydrogen-bond acceptors (Lipinski definition) is 4. The maximum Gasteiger partial charge on any atom is 0.148 e. The molecule has 0 aromatic carbocycles. The summed E-state index contributed by atoms with van der Waals surface area (Å²) in [5, 5.41) is 8.97. The molecule has 1 rings (SSSR count). The molecular formula is C8H17NO3S. The highest BCUT2D eigenvalue weighted by atomic mass is 32.2. The first-order chi connectivity index (χ1) is 6.03. The third-order valence-corrected chi connectivity index (χ3v) is 3.38. The van der Waals surface area contributed by atoms with E-state index in [1.54, 1.807) is 0 Å². The molecule has 13 heavy (non-hydrogen) atoms. The highest BCUT2D eigenvalue weighted by molar-refractivity contribution is 7.90. The van der Waals surface area contributed by atoms with Gasteiger partial charge in [0.15, 0.2) is 0 Å². The van der Waals surface area contributed by atoms with Crippen molar-refractivity contribution in [2.45, 2.75) is 18.9 Å². The molecule has 1 aliphatic rings. The van der Waals surface area contributed by atoms with Gasteiger partial charge in [-0.3, -0.25) is 4.90 Å². The monoisotopic (exact) mass is 207 g/mol. The zero-order valence-corrected chi connectivity index (χ0v) is 8.76. The van der Waals surface area contributed by atoms with E-state index in [9.17, 15) is 8.42 Å². The lowest BCUT2D eigenvalue weighted by Gasteiger charge is -2.21. The van der Waals surface area contributed by atoms with Crippen LogP contribution in [0.2, 0.25) is 0 Å². The summed E-state index contributed by atoms with van der Waals surface area (Å²) in [5.74, 6) is 0.198. The normalized spacial score (nSPS) is 25.2. The first-order valence-corrected chi connectivity index (χ1v) is 6.61. The molecule has 0 amide bonds. The Kier molecular flexibility index (Phi) is 3.70. The van der Waals surface area contributed by atoms with Crippen molar-refractivity contribution in [1.82, 2.24) is 4.90 Å². The molecule has 78 valence electrons. The molecule has 0 radical (unpaired) electrons. The predicted octanol–water partition coefficient (Wildman–Crippen LogP) is -0.512. The van der Waals surface area contributed by atoms with E-state index in [1.165, 1.54) is 6.26 Å². The smallest absolute Gasteiger partial charge is 0.148 e. The van der Waals surface area contributed by atoms with Gasteiger partial charge in [0.2, 0.25) is 0 Å². The van der Waals surface area contributed by atoms with Crippen LogP contribution in [0.1, 0.15) is 12.8 Å². The summed E-state index contributed by atoms with van der Waals surface area (Å²) in [5.41, 5.74) is 0. The highest BCUT2D eigenvalue weighted by Crippen LogP contribution is 2.15. The lowest BCUT2D eigenvalue weighted by atomic mass is 10.2. The van der Waals surface area contributed by atoms with Gasteiger partial charge in [0.25, 0.3) is 0 Å². The Bertz CT molecular complexity index is 250. The Morgan fingerprint density at radius 2 is 2.23 bits per heavy atom. The lowest BCUT2D eigenvalue weighted by Crippen LogP contribution is -2.35. The molecule has 1 fully saturated rings. The van der Waals surface area contributed by atoms with Crippen molar-refractivity contribution < 1.29 is 13.5 Å². The first kappa shape index (κ1) is 10.9. The zero-order chi connectivity index (χ0) is 9.90. The number of sulfone groups is 1. The topological polar surface area (TPSA) is 57.6 Å². The van der Waals surface area contributed by atoms with Crippen molar-refractivity contribution in [2.75, 3.05) is 31.7 Å². The summed E-state index contributed by atoms with van der Waals surface area (Å²) in [4.78, 5) is 2.06. The molecule has 0 aliphatic carbocycles. The molecule has 0 bridgehead atoms. The fourth-order valence-electron chi connectivity index (χ4n) is 1.68. The van der Waals surface area contributed by atoms with Crippen molar-refractivity contribution in [3.8, 4) is 0 Å². The quantitative estimate of drug-likeness (QED) is 0.674. The van der Waals surface area contributed by atoms with E-state index < -0.39 is 9.84 Å². The van der Waals surface area contributed by atoms with Crippen molar-refractivity contribution in [1.29, 1.82) is 0 Å². The predicted molar refractivity (Wildman–Crippen MR) is 51.4 cm³/mol. The molecule has 0 aromatic heterocycles. The molecule has 1 N–H and O–H groups in total. The molecule has 0 spiro atoms. The number of aliphatic hydroxyl groups excluding tert-OH is 1. The van der Waals surface area contributed by atoms with Gasteiger partial charge in [-0.05, 0) is 19.4 Å². The van der Waals surface area contributed by atoms with Crippen LogP contribution < -0.4 is 0 Å². The van der Waals surface area contributed by atoms with E-state index >= 15 is 0 Å². The highest BCUT2D eigenvalue weighted by Gasteiger charge is 2.23. The molecule has 1 heterocycles. The lowest BCUT2D eigenvalue weighted by molar-refractivity contribution is 0.165. The van der Waals surface area contributed by atoms with Crippen LogP contribution in [0.15, 0.2) is 0 Å². The van der Waals surface area contributed by atoms with Gasteiger partial charge in [-0.15, -0.1) is 0 Å². The minimum absolute atomic E-state index is 0.143. The van der Waals surface area contributed by atoms with Crippen molar-refractivity contribution in [3.63, 3.8) is 0 Å². The number of hydrogen-bond donors (Lipinski definition) is 1. The van der Waals surface area contributed by atoms with Crippen LogP contribution in [0.5, 0.6) is 0 Å². The molecule has 1 unspecified atom stereocenters. The molecule has 1 atom stereocenters. The fourth-order valence-corrected chi connectivity index (χ4v) is 2.25.